The van der Waals surface area contributed by atoms with Crippen LogP contribution in [0.5, 0.6) is 0 Å². The number of nitrogens with one attached hydrogen (secondary N) is 2. The van der Waals surface area contributed by atoms with Gasteiger partial charge in [0.15, 0.2) is 5.96 Å². The van der Waals surface area contributed by atoms with Crippen LogP contribution < -0.4 is 15.5 Å². The Hall–Kier alpha value is -1.52. The summed E-state index contributed by atoms with van der Waals surface area (Å²) in [5.74, 6) is 1.93. The Balaban J connectivity index is 0.00000289. The molecule has 1 aliphatic heterocycles. The first-order valence-electron chi connectivity index (χ1n) is 11.3. The summed E-state index contributed by atoms with van der Waals surface area (Å²) in [5.41, 5.74) is 1.23. The van der Waals surface area contributed by atoms with Crippen molar-refractivity contribution < 1.29 is 0 Å². The second kappa shape index (κ2) is 12.1. The largest absolute Gasteiger partial charge is 0.355 e. The minimum atomic E-state index is 0. The van der Waals surface area contributed by atoms with E-state index in [9.17, 15) is 0 Å². The normalized spacial score (nSPS) is 18.1. The number of aromatic nitrogens is 1. The van der Waals surface area contributed by atoms with Gasteiger partial charge in [-0.3, -0.25) is 4.99 Å². The zero-order valence-corrected chi connectivity index (χ0v) is 22.2. The predicted molar refractivity (Wildman–Crippen MR) is 146 cm³/mol. The summed E-state index contributed by atoms with van der Waals surface area (Å²) in [6, 6.07) is 15.0. The molecule has 1 aliphatic carbocycles. The van der Waals surface area contributed by atoms with Gasteiger partial charge in [0.05, 0.1) is 0 Å². The van der Waals surface area contributed by atoms with E-state index in [1.54, 1.807) is 0 Å². The molecule has 1 saturated heterocycles. The summed E-state index contributed by atoms with van der Waals surface area (Å²) in [5, 5.41) is 7.01. The second-order valence-electron chi connectivity index (χ2n) is 8.32. The molecule has 8 heteroatoms. The summed E-state index contributed by atoms with van der Waals surface area (Å²) >= 11 is 1.98. The number of aliphatic imine (C=N–C) groups is 1. The Morgan fingerprint density at radius 1 is 1.09 bits per heavy atom. The van der Waals surface area contributed by atoms with Crippen molar-refractivity contribution in [2.45, 2.75) is 36.0 Å². The number of hydrogen-bond acceptors (Lipinski definition) is 5. The van der Waals surface area contributed by atoms with Gasteiger partial charge in [-0.15, -0.1) is 35.7 Å². The van der Waals surface area contributed by atoms with Crippen molar-refractivity contribution in [3.8, 4) is 0 Å². The fraction of sp³-hybridized carbons (Fsp3) is 0.500. The Labute approximate surface area is 213 Å². The highest BCUT2D eigenvalue weighted by molar-refractivity contribution is 14.0. The molecule has 2 aromatic rings. The number of piperazine rings is 1. The number of hydrogen-bond donors (Lipinski definition) is 2. The van der Waals surface area contributed by atoms with Gasteiger partial charge in [0, 0.05) is 62.2 Å². The molecule has 0 amide bonds. The average molecular weight is 567 g/mol. The molecule has 1 aromatic heterocycles. The zero-order chi connectivity index (χ0) is 21.5. The Kier molecular flexibility index (Phi) is 9.48. The molecule has 32 heavy (non-hydrogen) atoms. The summed E-state index contributed by atoms with van der Waals surface area (Å²) in [6.07, 6.45) is 4.41. The van der Waals surface area contributed by atoms with Gasteiger partial charge < -0.3 is 20.4 Å². The highest BCUT2D eigenvalue weighted by Crippen LogP contribution is 2.51. The van der Waals surface area contributed by atoms with Crippen molar-refractivity contribution in [2.24, 2.45) is 4.99 Å². The van der Waals surface area contributed by atoms with Crippen molar-refractivity contribution in [3.05, 3.63) is 54.2 Å². The van der Waals surface area contributed by atoms with Gasteiger partial charge >= 0.3 is 0 Å². The third-order valence-corrected chi connectivity index (χ3v) is 7.59. The van der Waals surface area contributed by atoms with Crippen LogP contribution >= 0.6 is 35.7 Å². The van der Waals surface area contributed by atoms with Crippen molar-refractivity contribution in [1.82, 2.24) is 20.5 Å². The molecule has 2 N–H and O–H groups in total. The van der Waals surface area contributed by atoms with Gasteiger partial charge in [-0.2, -0.15) is 0 Å². The van der Waals surface area contributed by atoms with Crippen LogP contribution in [0.2, 0.25) is 0 Å². The van der Waals surface area contributed by atoms with E-state index in [1.165, 1.54) is 23.3 Å². The maximum Gasteiger partial charge on any atom is 0.191 e. The summed E-state index contributed by atoms with van der Waals surface area (Å²) in [4.78, 5) is 15.3. The first-order valence-corrected chi connectivity index (χ1v) is 12.1. The van der Waals surface area contributed by atoms with Crippen molar-refractivity contribution >= 4 is 47.5 Å². The minimum absolute atomic E-state index is 0. The second-order valence-corrected chi connectivity index (χ2v) is 9.86. The van der Waals surface area contributed by atoms with Crippen LogP contribution in [0.1, 0.15) is 25.3 Å². The molecule has 0 bridgehead atoms. The molecule has 0 atom stereocenters. The van der Waals surface area contributed by atoms with Crippen LogP contribution in [0.25, 0.3) is 0 Å². The van der Waals surface area contributed by atoms with Gasteiger partial charge in [0.25, 0.3) is 0 Å². The lowest BCUT2D eigenvalue weighted by atomic mass is 10.2. The van der Waals surface area contributed by atoms with Gasteiger partial charge in [0.1, 0.15) is 5.82 Å². The number of thioether (sulfide) groups is 1. The standard InChI is InChI=1S/C24H34N6S.HI/c1-3-29-13-15-30(16-14-29)22-17-20(9-12-26-22)18-27-23(25-2)28-19-24(10-11-24)31-21-7-5-4-6-8-21;/h4-9,12,17H,3,10-11,13-16,18-19H2,1-2H3,(H2,25,27,28);1H. The lowest BCUT2D eigenvalue weighted by molar-refractivity contribution is 0.270. The number of rotatable bonds is 8. The van der Waals surface area contributed by atoms with E-state index >= 15 is 0 Å². The minimum Gasteiger partial charge on any atom is -0.355 e. The molecule has 174 valence electrons. The lowest BCUT2D eigenvalue weighted by Gasteiger charge is -2.34. The number of guanidine groups is 1. The van der Waals surface area contributed by atoms with Crippen LogP contribution in [0, 0.1) is 0 Å². The molecular formula is C24H35IN6S. The Morgan fingerprint density at radius 2 is 1.84 bits per heavy atom. The van der Waals surface area contributed by atoms with Crippen LogP contribution in [-0.2, 0) is 6.54 Å². The number of pyridine rings is 1. The molecule has 0 unspecified atom stereocenters. The zero-order valence-electron chi connectivity index (χ0n) is 19.1. The number of nitrogens with zero attached hydrogens (tertiary/aromatic N) is 4. The predicted octanol–water partition coefficient (Wildman–Crippen LogP) is 3.83. The van der Waals surface area contributed by atoms with Crippen molar-refractivity contribution in [2.75, 3.05) is 51.2 Å². The van der Waals surface area contributed by atoms with E-state index in [4.69, 9.17) is 0 Å². The monoisotopic (exact) mass is 566 g/mol. The maximum atomic E-state index is 4.61. The number of halogens is 1. The first kappa shape index (κ1) is 25.1. The maximum absolute atomic E-state index is 4.61. The van der Waals surface area contributed by atoms with Gasteiger partial charge in [-0.1, -0.05) is 25.1 Å². The number of likely N-dealkylation sites (N-methyl/N-ethyl adjacent to an activating group) is 1. The third kappa shape index (κ3) is 6.99. The van der Waals surface area contributed by atoms with E-state index in [1.807, 2.05) is 25.0 Å². The SMILES string of the molecule is CCN1CCN(c2cc(CNC(=NC)NCC3(Sc4ccccc4)CC3)ccn2)CC1.I. The molecular weight excluding hydrogens is 531 g/mol. The average Bonchev–Trinajstić information content (AvgIpc) is 3.59. The smallest absolute Gasteiger partial charge is 0.191 e. The molecule has 2 aliphatic rings. The van der Waals surface area contributed by atoms with Crippen LogP contribution in [0.3, 0.4) is 0 Å². The molecule has 2 heterocycles. The summed E-state index contributed by atoms with van der Waals surface area (Å²) in [6.45, 7) is 9.33. The molecule has 1 saturated carbocycles. The fourth-order valence-corrected chi connectivity index (χ4v) is 5.12. The van der Waals surface area contributed by atoms with E-state index in [0.29, 0.717) is 4.75 Å². The number of anilines is 1. The molecule has 1 aromatic carbocycles. The number of benzene rings is 1. The van der Waals surface area contributed by atoms with Crippen LogP contribution in [0.4, 0.5) is 5.82 Å². The van der Waals surface area contributed by atoms with E-state index < -0.39 is 0 Å². The molecule has 0 radical (unpaired) electrons. The topological polar surface area (TPSA) is 55.8 Å². The quantitative estimate of drug-likeness (QED) is 0.288. The van der Waals surface area contributed by atoms with Crippen molar-refractivity contribution in [1.29, 1.82) is 0 Å². The fourth-order valence-electron chi connectivity index (χ4n) is 3.88. The Morgan fingerprint density at radius 3 is 2.50 bits per heavy atom. The third-order valence-electron chi connectivity index (χ3n) is 6.10. The molecule has 6 nitrogen and oxygen atoms in total. The lowest BCUT2D eigenvalue weighted by Crippen LogP contribution is -2.46. The van der Waals surface area contributed by atoms with Gasteiger partial charge in [-0.25, -0.2) is 4.98 Å². The molecule has 2 fully saturated rings. The summed E-state index contributed by atoms with van der Waals surface area (Å²) < 4.78 is 0.295. The van der Waals surface area contributed by atoms with Crippen molar-refractivity contribution in [3.63, 3.8) is 0 Å². The molecule has 0 spiro atoms. The Bertz CT molecular complexity index is 866. The van der Waals surface area contributed by atoms with Crippen LogP contribution in [0.15, 0.2) is 58.5 Å². The van der Waals surface area contributed by atoms with Gasteiger partial charge in [0.2, 0.25) is 0 Å². The highest BCUT2D eigenvalue weighted by atomic mass is 127. The first-order chi connectivity index (χ1) is 15.2. The van der Waals surface area contributed by atoms with E-state index in [-0.39, 0.29) is 24.0 Å². The summed E-state index contributed by atoms with van der Waals surface area (Å²) in [7, 11) is 1.84. The highest BCUT2D eigenvalue weighted by Gasteiger charge is 2.43. The van der Waals surface area contributed by atoms with Gasteiger partial charge in [-0.05, 0) is 49.2 Å². The van der Waals surface area contributed by atoms with Crippen LogP contribution in [-0.4, -0.2) is 66.9 Å². The van der Waals surface area contributed by atoms with E-state index in [2.05, 4.69) is 79.8 Å². The molecule has 4 rings (SSSR count). The van der Waals surface area contributed by atoms with E-state index in [0.717, 1.165) is 57.6 Å².